The Hall–Kier alpha value is -0.900. The van der Waals surface area contributed by atoms with Crippen LogP contribution in [0.5, 0.6) is 0 Å². The summed E-state index contributed by atoms with van der Waals surface area (Å²) in [5, 5.41) is 0. The molecule has 0 aromatic carbocycles. The van der Waals surface area contributed by atoms with Gasteiger partial charge in [-0.3, -0.25) is 9.59 Å². The first-order chi connectivity index (χ1) is 8.42. The van der Waals surface area contributed by atoms with Gasteiger partial charge < -0.3 is 9.47 Å². The maximum absolute atomic E-state index is 12.2. The second-order valence-corrected chi connectivity index (χ2v) is 5.35. The van der Waals surface area contributed by atoms with Crippen LogP contribution in [0.2, 0.25) is 0 Å². The number of Topliss-reactive ketones (excluding diaryl/α,β-unsaturated/α-hetero) is 1. The van der Waals surface area contributed by atoms with Gasteiger partial charge in [-0.05, 0) is 19.8 Å². The van der Waals surface area contributed by atoms with Crippen molar-refractivity contribution in [3.05, 3.63) is 0 Å². The zero-order valence-corrected chi connectivity index (χ0v) is 11.8. The van der Waals surface area contributed by atoms with E-state index in [1.165, 1.54) is 0 Å². The largest absolute Gasteiger partial charge is 0.466 e. The smallest absolute Gasteiger partial charge is 0.308 e. The third-order valence-electron chi connectivity index (χ3n) is 3.71. The van der Waals surface area contributed by atoms with Gasteiger partial charge in [0.25, 0.3) is 0 Å². The number of rotatable bonds is 8. The number of epoxide rings is 1. The molecule has 0 amide bonds. The quantitative estimate of drug-likeness (QED) is 0.494. The summed E-state index contributed by atoms with van der Waals surface area (Å²) in [6.45, 7) is 8.62. The molecule has 18 heavy (non-hydrogen) atoms. The van der Waals surface area contributed by atoms with Crippen LogP contribution in [0.25, 0.3) is 0 Å². The first kappa shape index (κ1) is 15.2. The Labute approximate surface area is 109 Å². The predicted molar refractivity (Wildman–Crippen MR) is 68.2 cm³/mol. The minimum absolute atomic E-state index is 0.112. The maximum Gasteiger partial charge on any atom is 0.308 e. The Morgan fingerprint density at radius 2 is 2.06 bits per heavy atom. The highest BCUT2D eigenvalue weighted by molar-refractivity contribution is 5.85. The Bertz CT molecular complexity index is 309. The van der Waals surface area contributed by atoms with Gasteiger partial charge in [-0.15, -0.1) is 0 Å². The highest BCUT2D eigenvalue weighted by Crippen LogP contribution is 2.34. The molecule has 0 saturated carbocycles. The maximum atomic E-state index is 12.2. The monoisotopic (exact) mass is 256 g/mol. The van der Waals surface area contributed by atoms with E-state index in [9.17, 15) is 9.59 Å². The van der Waals surface area contributed by atoms with E-state index in [-0.39, 0.29) is 23.8 Å². The van der Waals surface area contributed by atoms with E-state index < -0.39 is 5.41 Å². The van der Waals surface area contributed by atoms with Crippen LogP contribution in [0.3, 0.4) is 0 Å². The summed E-state index contributed by atoms with van der Waals surface area (Å²) in [7, 11) is 0. The van der Waals surface area contributed by atoms with Crippen LogP contribution in [-0.4, -0.2) is 31.1 Å². The molecule has 0 aromatic rings. The first-order valence-corrected chi connectivity index (χ1v) is 6.74. The second kappa shape index (κ2) is 6.32. The van der Waals surface area contributed by atoms with Crippen molar-refractivity contribution in [2.45, 2.75) is 53.1 Å². The number of esters is 1. The van der Waals surface area contributed by atoms with Crippen LogP contribution in [-0.2, 0) is 19.1 Å². The van der Waals surface area contributed by atoms with E-state index in [1.54, 1.807) is 6.92 Å². The van der Waals surface area contributed by atoms with Gasteiger partial charge >= 0.3 is 5.97 Å². The summed E-state index contributed by atoms with van der Waals surface area (Å²) < 4.78 is 10.1. The molecule has 1 rings (SSSR count). The number of hydrogen-bond donors (Lipinski definition) is 0. The normalized spacial score (nSPS) is 23.0. The van der Waals surface area contributed by atoms with E-state index in [0.717, 1.165) is 6.42 Å². The molecule has 3 atom stereocenters. The topological polar surface area (TPSA) is 55.9 Å². The molecule has 104 valence electrons. The van der Waals surface area contributed by atoms with Gasteiger partial charge in [-0.1, -0.05) is 20.8 Å². The average molecular weight is 256 g/mol. The zero-order chi connectivity index (χ0) is 13.8. The standard InChI is InChI=1S/C14H24O4/c1-5-14(4,12(15)7-11-9-18-11)8-10(3)13(16)17-6-2/h10-11H,5-9H2,1-4H3. The number of carbonyl (C=O) groups is 2. The van der Waals surface area contributed by atoms with Gasteiger partial charge in [0, 0.05) is 11.8 Å². The zero-order valence-electron chi connectivity index (χ0n) is 11.8. The van der Waals surface area contributed by atoms with Gasteiger partial charge in [0.15, 0.2) is 0 Å². The van der Waals surface area contributed by atoms with Crippen molar-refractivity contribution in [3.8, 4) is 0 Å². The summed E-state index contributed by atoms with van der Waals surface area (Å²) in [6.07, 6.45) is 1.87. The van der Waals surface area contributed by atoms with Crippen molar-refractivity contribution >= 4 is 11.8 Å². The molecule has 1 fully saturated rings. The lowest BCUT2D eigenvalue weighted by Gasteiger charge is -2.28. The van der Waals surface area contributed by atoms with Crippen LogP contribution in [0.1, 0.15) is 47.0 Å². The highest BCUT2D eigenvalue weighted by Gasteiger charge is 2.38. The lowest BCUT2D eigenvalue weighted by atomic mass is 9.74. The van der Waals surface area contributed by atoms with Crippen LogP contribution >= 0.6 is 0 Å². The van der Waals surface area contributed by atoms with E-state index in [2.05, 4.69) is 0 Å². The Morgan fingerprint density at radius 1 is 1.44 bits per heavy atom. The fraction of sp³-hybridized carbons (Fsp3) is 0.857. The molecule has 4 nitrogen and oxygen atoms in total. The average Bonchev–Trinajstić information content (AvgIpc) is 3.12. The predicted octanol–water partition coefficient (Wildman–Crippen LogP) is 2.35. The molecule has 0 aliphatic carbocycles. The molecule has 1 aliphatic rings. The molecule has 1 saturated heterocycles. The number of carbonyl (C=O) groups excluding carboxylic acids is 2. The summed E-state index contributed by atoms with van der Waals surface area (Å²) in [5.41, 5.74) is -0.446. The molecule has 0 radical (unpaired) electrons. The van der Waals surface area contributed by atoms with E-state index in [0.29, 0.717) is 26.1 Å². The van der Waals surface area contributed by atoms with Crippen LogP contribution in [0.15, 0.2) is 0 Å². The molecule has 0 spiro atoms. The Morgan fingerprint density at radius 3 is 2.50 bits per heavy atom. The number of hydrogen-bond acceptors (Lipinski definition) is 4. The van der Waals surface area contributed by atoms with Crippen LogP contribution in [0, 0.1) is 11.3 Å². The van der Waals surface area contributed by atoms with Crippen molar-refractivity contribution in [1.29, 1.82) is 0 Å². The van der Waals surface area contributed by atoms with Crippen molar-refractivity contribution in [2.24, 2.45) is 11.3 Å². The van der Waals surface area contributed by atoms with Crippen molar-refractivity contribution < 1.29 is 19.1 Å². The highest BCUT2D eigenvalue weighted by atomic mass is 16.6. The first-order valence-electron chi connectivity index (χ1n) is 6.74. The van der Waals surface area contributed by atoms with Gasteiger partial charge in [0.1, 0.15) is 5.78 Å². The molecule has 0 N–H and O–H groups in total. The molecular weight excluding hydrogens is 232 g/mol. The van der Waals surface area contributed by atoms with Crippen molar-refractivity contribution in [1.82, 2.24) is 0 Å². The summed E-state index contributed by atoms with van der Waals surface area (Å²) in [5.74, 6) is -0.254. The lowest BCUT2D eigenvalue weighted by Crippen LogP contribution is -2.32. The van der Waals surface area contributed by atoms with Gasteiger partial charge in [0.05, 0.1) is 25.2 Å². The minimum Gasteiger partial charge on any atom is -0.466 e. The second-order valence-electron chi connectivity index (χ2n) is 5.35. The molecule has 0 bridgehead atoms. The summed E-state index contributed by atoms with van der Waals surface area (Å²) in [4.78, 5) is 23.9. The molecule has 1 heterocycles. The van der Waals surface area contributed by atoms with E-state index in [4.69, 9.17) is 9.47 Å². The molecule has 0 aromatic heterocycles. The third-order valence-corrected chi connectivity index (χ3v) is 3.71. The molecule has 3 unspecified atom stereocenters. The number of ketones is 1. The molecular formula is C14H24O4. The van der Waals surface area contributed by atoms with Crippen LogP contribution in [0.4, 0.5) is 0 Å². The fourth-order valence-electron chi connectivity index (χ4n) is 2.14. The van der Waals surface area contributed by atoms with Gasteiger partial charge in [-0.25, -0.2) is 0 Å². The van der Waals surface area contributed by atoms with E-state index in [1.807, 2.05) is 20.8 Å². The van der Waals surface area contributed by atoms with Gasteiger partial charge in [0.2, 0.25) is 0 Å². The molecule has 1 aliphatic heterocycles. The fourth-order valence-corrected chi connectivity index (χ4v) is 2.14. The molecule has 4 heteroatoms. The summed E-state index contributed by atoms with van der Waals surface area (Å²) >= 11 is 0. The van der Waals surface area contributed by atoms with E-state index >= 15 is 0 Å². The lowest BCUT2D eigenvalue weighted by molar-refractivity contribution is -0.149. The number of ether oxygens (including phenoxy) is 2. The SMILES string of the molecule is CCOC(=O)C(C)CC(C)(CC)C(=O)CC1CO1. The minimum atomic E-state index is -0.446. The van der Waals surface area contributed by atoms with Crippen molar-refractivity contribution in [2.75, 3.05) is 13.2 Å². The summed E-state index contributed by atoms with van der Waals surface area (Å²) in [6, 6.07) is 0. The Balaban J connectivity index is 2.56. The van der Waals surface area contributed by atoms with Crippen molar-refractivity contribution in [3.63, 3.8) is 0 Å². The Kier molecular flexibility index (Phi) is 5.32. The van der Waals surface area contributed by atoms with Gasteiger partial charge in [-0.2, -0.15) is 0 Å². The third kappa shape index (κ3) is 4.09. The van der Waals surface area contributed by atoms with Crippen LogP contribution < -0.4 is 0 Å².